The average Bonchev–Trinajstić information content (AvgIpc) is 2.98. The summed E-state index contributed by atoms with van der Waals surface area (Å²) in [6, 6.07) is 8.80. The maximum absolute atomic E-state index is 13.6. The Kier molecular flexibility index (Phi) is 8.74. The van der Waals surface area contributed by atoms with Crippen LogP contribution in [0.2, 0.25) is 5.02 Å². The minimum Gasteiger partial charge on any atom is -0.356 e. The van der Waals surface area contributed by atoms with E-state index >= 15 is 0 Å². The van der Waals surface area contributed by atoms with Crippen molar-refractivity contribution in [2.45, 2.75) is 13.0 Å². The van der Waals surface area contributed by atoms with Crippen LogP contribution in [0, 0.1) is 5.82 Å². The van der Waals surface area contributed by atoms with Gasteiger partial charge in [0.1, 0.15) is 5.82 Å². The van der Waals surface area contributed by atoms with Gasteiger partial charge in [-0.15, -0.1) is 35.3 Å². The molecule has 0 fully saturated rings. The fourth-order valence-corrected chi connectivity index (χ4v) is 2.78. The summed E-state index contributed by atoms with van der Waals surface area (Å²) in [5, 5.41) is 8.85. The van der Waals surface area contributed by atoms with E-state index in [-0.39, 0.29) is 29.8 Å². The molecule has 7 heteroatoms. The van der Waals surface area contributed by atoms with Gasteiger partial charge in [-0.2, -0.15) is 0 Å². The molecule has 1 aromatic carbocycles. The maximum Gasteiger partial charge on any atom is 0.191 e. The second-order valence-corrected chi connectivity index (χ2v) is 5.82. The van der Waals surface area contributed by atoms with Crippen LogP contribution < -0.4 is 10.6 Å². The van der Waals surface area contributed by atoms with Gasteiger partial charge in [-0.3, -0.25) is 4.99 Å². The Bertz CT molecular complexity index is 585. The van der Waals surface area contributed by atoms with Crippen LogP contribution >= 0.6 is 46.9 Å². The molecule has 0 unspecified atom stereocenters. The molecular formula is C15H18ClFIN3S. The maximum atomic E-state index is 13.6. The molecular weight excluding hydrogens is 436 g/mol. The summed E-state index contributed by atoms with van der Waals surface area (Å²) in [4.78, 5) is 5.37. The number of nitrogens with one attached hydrogen (secondary N) is 2. The van der Waals surface area contributed by atoms with Gasteiger partial charge < -0.3 is 10.6 Å². The Morgan fingerprint density at radius 2 is 2.09 bits per heavy atom. The number of hydrogen-bond acceptors (Lipinski definition) is 2. The van der Waals surface area contributed by atoms with Gasteiger partial charge in [0.2, 0.25) is 0 Å². The first kappa shape index (κ1) is 19.2. The molecule has 2 N–H and O–H groups in total. The second-order valence-electron chi connectivity index (χ2n) is 4.38. The van der Waals surface area contributed by atoms with Gasteiger partial charge in [-0.05, 0) is 30.0 Å². The van der Waals surface area contributed by atoms with Gasteiger partial charge in [0, 0.05) is 29.1 Å². The molecule has 0 atom stereocenters. The van der Waals surface area contributed by atoms with Crippen LogP contribution in [0.15, 0.2) is 40.7 Å². The van der Waals surface area contributed by atoms with Crippen molar-refractivity contribution in [3.63, 3.8) is 0 Å². The van der Waals surface area contributed by atoms with Gasteiger partial charge in [0.15, 0.2) is 5.96 Å². The molecule has 2 rings (SSSR count). The second kappa shape index (κ2) is 10.0. The molecule has 0 saturated heterocycles. The quantitative estimate of drug-likeness (QED) is 0.407. The summed E-state index contributed by atoms with van der Waals surface area (Å²) in [7, 11) is 1.71. The van der Waals surface area contributed by atoms with Crippen LogP contribution in [0.1, 0.15) is 10.4 Å². The molecule has 120 valence electrons. The van der Waals surface area contributed by atoms with Crippen molar-refractivity contribution in [3.05, 3.63) is 57.0 Å². The highest BCUT2D eigenvalue weighted by Gasteiger charge is 2.06. The van der Waals surface area contributed by atoms with Gasteiger partial charge in [0.25, 0.3) is 0 Å². The molecule has 0 aliphatic carbocycles. The number of benzene rings is 1. The number of aliphatic imine (C=N–C) groups is 1. The van der Waals surface area contributed by atoms with Crippen molar-refractivity contribution in [2.75, 3.05) is 13.6 Å². The summed E-state index contributed by atoms with van der Waals surface area (Å²) in [6.07, 6.45) is 0.505. The fraction of sp³-hybridized carbons (Fsp3) is 0.267. The average molecular weight is 454 g/mol. The molecule has 0 spiro atoms. The van der Waals surface area contributed by atoms with E-state index in [0.717, 1.165) is 6.54 Å². The highest BCUT2D eigenvalue weighted by Crippen LogP contribution is 2.18. The van der Waals surface area contributed by atoms with E-state index in [2.05, 4.69) is 21.7 Å². The van der Waals surface area contributed by atoms with Gasteiger partial charge in [-0.1, -0.05) is 23.7 Å². The van der Waals surface area contributed by atoms with Crippen LogP contribution in [0.5, 0.6) is 0 Å². The van der Waals surface area contributed by atoms with E-state index in [1.165, 1.54) is 10.9 Å². The first-order valence-electron chi connectivity index (χ1n) is 6.60. The van der Waals surface area contributed by atoms with Crippen molar-refractivity contribution in [1.82, 2.24) is 10.6 Å². The Labute approximate surface area is 156 Å². The van der Waals surface area contributed by atoms with E-state index in [1.54, 1.807) is 30.5 Å². The van der Waals surface area contributed by atoms with Gasteiger partial charge in [-0.25, -0.2) is 4.39 Å². The predicted octanol–water partition coefficient (Wildman–Crippen LogP) is 4.07. The summed E-state index contributed by atoms with van der Waals surface area (Å²) >= 11 is 7.68. The number of hydrogen-bond donors (Lipinski definition) is 2. The third-order valence-corrected chi connectivity index (χ3v) is 4.19. The molecule has 1 heterocycles. The van der Waals surface area contributed by atoms with Crippen molar-refractivity contribution >= 4 is 52.9 Å². The van der Waals surface area contributed by atoms with Crippen LogP contribution in [-0.4, -0.2) is 19.6 Å². The van der Waals surface area contributed by atoms with Crippen LogP contribution in [0.3, 0.4) is 0 Å². The lowest BCUT2D eigenvalue weighted by Gasteiger charge is -2.12. The molecule has 0 aliphatic rings. The molecule has 0 bridgehead atoms. The van der Waals surface area contributed by atoms with Crippen LogP contribution in [0.25, 0.3) is 0 Å². The number of thiophene rings is 1. The minimum atomic E-state index is -0.272. The van der Waals surface area contributed by atoms with Crippen molar-refractivity contribution in [2.24, 2.45) is 4.99 Å². The van der Waals surface area contributed by atoms with Crippen LogP contribution in [0.4, 0.5) is 4.39 Å². The van der Waals surface area contributed by atoms with E-state index in [0.29, 0.717) is 29.5 Å². The zero-order chi connectivity index (χ0) is 15.1. The van der Waals surface area contributed by atoms with Crippen LogP contribution in [-0.2, 0) is 13.0 Å². The molecule has 0 saturated carbocycles. The molecule has 0 radical (unpaired) electrons. The SMILES string of the molecule is CN=C(NCCc1c(F)cccc1Cl)NCc1cccs1.I. The predicted molar refractivity (Wildman–Crippen MR) is 103 cm³/mol. The monoisotopic (exact) mass is 453 g/mol. The minimum absolute atomic E-state index is 0. The van der Waals surface area contributed by atoms with E-state index in [9.17, 15) is 4.39 Å². The lowest BCUT2D eigenvalue weighted by atomic mass is 10.1. The Morgan fingerprint density at radius 3 is 2.73 bits per heavy atom. The lowest BCUT2D eigenvalue weighted by Crippen LogP contribution is -2.37. The summed E-state index contributed by atoms with van der Waals surface area (Å²) < 4.78 is 13.6. The largest absolute Gasteiger partial charge is 0.356 e. The Hall–Kier alpha value is -0.860. The Balaban J connectivity index is 0.00000242. The Morgan fingerprint density at radius 1 is 1.27 bits per heavy atom. The molecule has 0 amide bonds. The van der Waals surface area contributed by atoms with E-state index < -0.39 is 0 Å². The highest BCUT2D eigenvalue weighted by atomic mass is 127. The van der Waals surface area contributed by atoms with Crippen molar-refractivity contribution < 1.29 is 4.39 Å². The third kappa shape index (κ3) is 5.73. The highest BCUT2D eigenvalue weighted by molar-refractivity contribution is 14.0. The number of halogens is 3. The number of rotatable bonds is 5. The smallest absolute Gasteiger partial charge is 0.191 e. The molecule has 0 aliphatic heterocycles. The third-order valence-electron chi connectivity index (χ3n) is 2.96. The van der Waals surface area contributed by atoms with E-state index in [4.69, 9.17) is 11.6 Å². The standard InChI is InChI=1S/C15H17ClFN3S.HI/c1-18-15(20-10-11-4-3-9-21-11)19-8-7-12-13(16)5-2-6-14(12)17;/h2-6,9H,7-8,10H2,1H3,(H2,18,19,20);1H. The first-order valence-corrected chi connectivity index (χ1v) is 7.86. The molecule has 2 aromatic rings. The first-order chi connectivity index (χ1) is 10.2. The zero-order valence-corrected chi connectivity index (χ0v) is 16.0. The van der Waals surface area contributed by atoms with Crippen molar-refractivity contribution in [3.8, 4) is 0 Å². The summed E-state index contributed by atoms with van der Waals surface area (Å²) in [5.41, 5.74) is 0.528. The van der Waals surface area contributed by atoms with Crippen molar-refractivity contribution in [1.29, 1.82) is 0 Å². The van der Waals surface area contributed by atoms with Gasteiger partial charge >= 0.3 is 0 Å². The topological polar surface area (TPSA) is 36.4 Å². The zero-order valence-electron chi connectivity index (χ0n) is 12.1. The lowest BCUT2D eigenvalue weighted by molar-refractivity contribution is 0.607. The molecule has 22 heavy (non-hydrogen) atoms. The van der Waals surface area contributed by atoms with Gasteiger partial charge in [0.05, 0.1) is 6.54 Å². The summed E-state index contributed by atoms with van der Waals surface area (Å²) in [5.74, 6) is 0.418. The summed E-state index contributed by atoms with van der Waals surface area (Å²) in [6.45, 7) is 1.28. The van der Waals surface area contributed by atoms with E-state index in [1.807, 2.05) is 11.4 Å². The fourth-order valence-electron chi connectivity index (χ4n) is 1.88. The number of guanidine groups is 1. The normalized spacial score (nSPS) is 11.0. The molecule has 1 aromatic heterocycles. The molecule has 3 nitrogen and oxygen atoms in total. The number of nitrogens with zero attached hydrogens (tertiary/aromatic N) is 1.